The largest absolute Gasteiger partial charge is 0.411 e. The van der Waals surface area contributed by atoms with Crippen molar-refractivity contribution in [1.82, 2.24) is 5.48 Å². The van der Waals surface area contributed by atoms with Crippen molar-refractivity contribution in [3.05, 3.63) is 0 Å². The van der Waals surface area contributed by atoms with Gasteiger partial charge in [0.25, 0.3) is 0 Å². The molecule has 0 radical (unpaired) electrons. The second-order valence-electron chi connectivity index (χ2n) is 2.35. The monoisotopic (exact) mass is 201 g/mol. The highest BCUT2D eigenvalue weighted by Gasteiger charge is 2.26. The Balaban J connectivity index is 3.00. The van der Waals surface area contributed by atoms with Crippen molar-refractivity contribution in [2.45, 2.75) is 19.5 Å². The van der Waals surface area contributed by atoms with Gasteiger partial charge in [-0.2, -0.15) is 13.2 Å². The molecule has 0 saturated heterocycles. The first-order valence-corrected chi connectivity index (χ1v) is 4.05. The number of hydrogen-bond acceptors (Lipinski definition) is 3. The van der Waals surface area contributed by atoms with Crippen LogP contribution in [-0.2, 0) is 9.57 Å². The topological polar surface area (TPSA) is 30.5 Å². The van der Waals surface area contributed by atoms with Crippen LogP contribution in [0.1, 0.15) is 13.3 Å². The highest BCUT2D eigenvalue weighted by Crippen LogP contribution is 2.14. The molecule has 0 unspecified atom stereocenters. The van der Waals surface area contributed by atoms with E-state index in [1.165, 1.54) is 0 Å². The van der Waals surface area contributed by atoms with Crippen LogP contribution in [0.15, 0.2) is 0 Å². The van der Waals surface area contributed by atoms with Crippen molar-refractivity contribution in [3.8, 4) is 0 Å². The lowest BCUT2D eigenvalue weighted by atomic mass is 10.5. The Morgan fingerprint density at radius 1 is 1.31 bits per heavy atom. The summed E-state index contributed by atoms with van der Waals surface area (Å²) in [4.78, 5) is 4.75. The predicted molar refractivity (Wildman–Crippen MR) is 41.1 cm³/mol. The Hall–Kier alpha value is -0.330. The second kappa shape index (κ2) is 7.11. The van der Waals surface area contributed by atoms with Crippen LogP contribution in [0.5, 0.6) is 0 Å². The first-order chi connectivity index (χ1) is 6.06. The fourth-order valence-electron chi connectivity index (χ4n) is 0.609. The first kappa shape index (κ1) is 12.7. The van der Waals surface area contributed by atoms with Gasteiger partial charge < -0.3 is 9.57 Å². The lowest BCUT2D eigenvalue weighted by Crippen LogP contribution is -2.20. The van der Waals surface area contributed by atoms with E-state index in [1.807, 2.05) is 6.92 Å². The average Bonchev–Trinajstić information content (AvgIpc) is 2.01. The maximum atomic E-state index is 11.5. The van der Waals surface area contributed by atoms with E-state index in [2.05, 4.69) is 10.2 Å². The minimum atomic E-state index is -4.23. The molecule has 6 heteroatoms. The van der Waals surface area contributed by atoms with Crippen LogP contribution in [0.3, 0.4) is 0 Å². The van der Waals surface area contributed by atoms with E-state index >= 15 is 0 Å². The summed E-state index contributed by atoms with van der Waals surface area (Å²) >= 11 is 0. The molecule has 0 saturated carbocycles. The van der Waals surface area contributed by atoms with Crippen molar-refractivity contribution < 1.29 is 22.7 Å². The van der Waals surface area contributed by atoms with E-state index in [0.29, 0.717) is 19.6 Å². The molecule has 0 aliphatic heterocycles. The summed E-state index contributed by atoms with van der Waals surface area (Å²) in [7, 11) is 0. The molecular weight excluding hydrogens is 187 g/mol. The fraction of sp³-hybridized carbons (Fsp3) is 1.00. The third-order valence-electron chi connectivity index (χ3n) is 1.08. The van der Waals surface area contributed by atoms with Gasteiger partial charge in [0.1, 0.15) is 6.61 Å². The number of hydroxylamine groups is 1. The molecule has 0 aromatic heterocycles. The zero-order valence-electron chi connectivity index (χ0n) is 7.49. The molecule has 3 nitrogen and oxygen atoms in total. The van der Waals surface area contributed by atoms with Crippen LogP contribution in [-0.4, -0.2) is 32.5 Å². The molecule has 0 aromatic carbocycles. The molecule has 0 aliphatic rings. The van der Waals surface area contributed by atoms with Crippen LogP contribution in [0.2, 0.25) is 0 Å². The summed E-state index contributed by atoms with van der Waals surface area (Å²) in [6.45, 7) is 1.74. The zero-order valence-corrected chi connectivity index (χ0v) is 7.49. The van der Waals surface area contributed by atoms with Crippen molar-refractivity contribution >= 4 is 0 Å². The molecule has 0 heterocycles. The van der Waals surface area contributed by atoms with Gasteiger partial charge in [-0.25, -0.2) is 5.48 Å². The number of ether oxygens (including phenoxy) is 1. The Labute approximate surface area is 75.2 Å². The molecule has 13 heavy (non-hydrogen) atoms. The van der Waals surface area contributed by atoms with Crippen molar-refractivity contribution in [3.63, 3.8) is 0 Å². The molecule has 0 atom stereocenters. The molecule has 0 aromatic rings. The van der Waals surface area contributed by atoms with Crippen molar-refractivity contribution in [2.24, 2.45) is 0 Å². The minimum Gasteiger partial charge on any atom is -0.372 e. The highest BCUT2D eigenvalue weighted by atomic mass is 19.4. The van der Waals surface area contributed by atoms with Crippen molar-refractivity contribution in [2.75, 3.05) is 26.4 Å². The quantitative estimate of drug-likeness (QED) is 0.500. The summed E-state index contributed by atoms with van der Waals surface area (Å²) in [6, 6.07) is 0. The summed E-state index contributed by atoms with van der Waals surface area (Å²) in [5, 5.41) is 0. The standard InChI is InChI=1S/C7H14F3NO2/c1-2-13-11-4-3-5-12-6-7(8,9)10/h11H,2-6H2,1H3. The third-order valence-corrected chi connectivity index (χ3v) is 1.08. The molecular formula is C7H14F3NO2. The van der Waals surface area contributed by atoms with E-state index in [4.69, 9.17) is 4.84 Å². The SMILES string of the molecule is CCONCCCOCC(F)(F)F. The Kier molecular flexibility index (Phi) is 6.93. The van der Waals surface area contributed by atoms with Crippen molar-refractivity contribution in [1.29, 1.82) is 0 Å². The van der Waals surface area contributed by atoms with Crippen LogP contribution >= 0.6 is 0 Å². The fourth-order valence-corrected chi connectivity index (χ4v) is 0.609. The van der Waals surface area contributed by atoms with Crippen LogP contribution < -0.4 is 5.48 Å². The second-order valence-corrected chi connectivity index (χ2v) is 2.35. The lowest BCUT2D eigenvalue weighted by Gasteiger charge is -2.07. The number of halogens is 3. The van der Waals surface area contributed by atoms with Gasteiger partial charge in [0.15, 0.2) is 0 Å². The number of nitrogens with one attached hydrogen (secondary N) is 1. The highest BCUT2D eigenvalue weighted by molar-refractivity contribution is 4.46. The first-order valence-electron chi connectivity index (χ1n) is 4.05. The number of hydrogen-bond donors (Lipinski definition) is 1. The summed E-state index contributed by atoms with van der Waals surface area (Å²) in [5.41, 5.74) is 2.57. The molecule has 80 valence electrons. The molecule has 0 spiro atoms. The maximum absolute atomic E-state index is 11.5. The molecule has 0 fully saturated rings. The minimum absolute atomic E-state index is 0.0829. The van der Waals surface area contributed by atoms with E-state index in [-0.39, 0.29) is 6.61 Å². The number of alkyl halides is 3. The zero-order chi connectivity index (χ0) is 10.2. The smallest absolute Gasteiger partial charge is 0.372 e. The van der Waals surface area contributed by atoms with Crippen LogP contribution in [0.4, 0.5) is 13.2 Å². The predicted octanol–water partition coefficient (Wildman–Crippen LogP) is 1.50. The van der Waals surface area contributed by atoms with Gasteiger partial charge in [0.05, 0.1) is 6.61 Å². The summed E-state index contributed by atoms with van der Waals surface area (Å²) < 4.78 is 38.9. The van der Waals surface area contributed by atoms with Gasteiger partial charge in [-0.05, 0) is 13.3 Å². The van der Waals surface area contributed by atoms with E-state index in [0.717, 1.165) is 0 Å². The molecule has 0 amide bonds. The lowest BCUT2D eigenvalue weighted by molar-refractivity contribution is -0.174. The van der Waals surface area contributed by atoms with Gasteiger partial charge >= 0.3 is 6.18 Å². The molecule has 0 rings (SSSR count). The van der Waals surface area contributed by atoms with Gasteiger partial charge in [-0.15, -0.1) is 0 Å². The third kappa shape index (κ3) is 11.7. The normalized spacial score (nSPS) is 12.0. The Bertz CT molecular complexity index is 119. The van der Waals surface area contributed by atoms with Gasteiger partial charge in [0.2, 0.25) is 0 Å². The summed E-state index contributed by atoms with van der Waals surface area (Å²) in [5.74, 6) is 0. The summed E-state index contributed by atoms with van der Waals surface area (Å²) in [6.07, 6.45) is -3.73. The van der Waals surface area contributed by atoms with Gasteiger partial charge in [-0.3, -0.25) is 0 Å². The van der Waals surface area contributed by atoms with Gasteiger partial charge in [0, 0.05) is 13.2 Å². The van der Waals surface area contributed by atoms with E-state index < -0.39 is 12.8 Å². The molecule has 0 aliphatic carbocycles. The molecule has 1 N–H and O–H groups in total. The van der Waals surface area contributed by atoms with Gasteiger partial charge in [-0.1, -0.05) is 0 Å². The van der Waals surface area contributed by atoms with E-state index in [9.17, 15) is 13.2 Å². The molecule has 0 bridgehead atoms. The van der Waals surface area contributed by atoms with Crippen LogP contribution in [0, 0.1) is 0 Å². The maximum Gasteiger partial charge on any atom is 0.411 e. The number of rotatable bonds is 7. The van der Waals surface area contributed by atoms with Crippen LogP contribution in [0.25, 0.3) is 0 Å². The van der Waals surface area contributed by atoms with E-state index in [1.54, 1.807) is 0 Å². The average molecular weight is 201 g/mol. The Morgan fingerprint density at radius 2 is 2.00 bits per heavy atom. The Morgan fingerprint density at radius 3 is 2.54 bits per heavy atom.